The van der Waals surface area contributed by atoms with E-state index in [9.17, 15) is 4.79 Å². The molecular formula is C15H17NO. The predicted molar refractivity (Wildman–Crippen MR) is 71.0 cm³/mol. The maximum atomic E-state index is 11.4. The van der Waals surface area contributed by atoms with E-state index in [2.05, 4.69) is 35.6 Å². The van der Waals surface area contributed by atoms with Crippen LogP contribution in [0.2, 0.25) is 0 Å². The van der Waals surface area contributed by atoms with Crippen LogP contribution in [0.5, 0.6) is 0 Å². The zero-order valence-corrected chi connectivity index (χ0v) is 10.1. The Morgan fingerprint density at radius 1 is 1.12 bits per heavy atom. The van der Waals surface area contributed by atoms with E-state index in [1.54, 1.807) is 0 Å². The summed E-state index contributed by atoms with van der Waals surface area (Å²) in [4.78, 5) is 11.4. The average Bonchev–Trinajstić information content (AvgIpc) is 2.36. The molecule has 2 aromatic rings. The van der Waals surface area contributed by atoms with Gasteiger partial charge in [-0.05, 0) is 29.7 Å². The molecule has 0 radical (unpaired) electrons. The second-order valence-corrected chi connectivity index (χ2v) is 4.14. The van der Waals surface area contributed by atoms with Crippen LogP contribution in [0.3, 0.4) is 0 Å². The number of aryl methyl sites for hydroxylation is 1. The van der Waals surface area contributed by atoms with Gasteiger partial charge in [0.15, 0.2) is 0 Å². The van der Waals surface area contributed by atoms with Gasteiger partial charge in [0.25, 0.3) is 0 Å². The fraction of sp³-hybridized carbons (Fsp3) is 0.267. The van der Waals surface area contributed by atoms with Crippen LogP contribution in [-0.4, -0.2) is 12.5 Å². The maximum absolute atomic E-state index is 11.4. The number of carbonyl (C=O) groups excluding carboxylic acids is 1. The lowest BCUT2D eigenvalue weighted by atomic mass is 10.0. The summed E-state index contributed by atoms with van der Waals surface area (Å²) >= 11 is 0. The Bertz CT molecular complexity index is 519. The smallest absolute Gasteiger partial charge is 0.220 e. The monoisotopic (exact) mass is 227 g/mol. The summed E-state index contributed by atoms with van der Waals surface area (Å²) in [6.45, 7) is 2.64. The van der Waals surface area contributed by atoms with Crippen molar-refractivity contribution in [3.8, 4) is 0 Å². The lowest BCUT2D eigenvalue weighted by molar-refractivity contribution is -0.120. The van der Waals surface area contributed by atoms with Gasteiger partial charge in [-0.1, -0.05) is 42.5 Å². The van der Waals surface area contributed by atoms with E-state index < -0.39 is 0 Å². The summed E-state index contributed by atoms with van der Waals surface area (Å²) in [5.74, 6) is 0.126. The van der Waals surface area contributed by atoms with Gasteiger partial charge in [-0.3, -0.25) is 4.79 Å². The van der Waals surface area contributed by atoms with Crippen LogP contribution >= 0.6 is 0 Å². The third-order valence-corrected chi connectivity index (χ3v) is 2.83. The predicted octanol–water partition coefficient (Wildman–Crippen LogP) is 2.91. The van der Waals surface area contributed by atoms with Crippen molar-refractivity contribution in [2.45, 2.75) is 19.8 Å². The first kappa shape index (κ1) is 11.6. The van der Waals surface area contributed by atoms with Gasteiger partial charge in [0.05, 0.1) is 0 Å². The molecule has 1 N–H and O–H groups in total. The Hall–Kier alpha value is -1.83. The Morgan fingerprint density at radius 3 is 2.65 bits per heavy atom. The molecule has 0 heterocycles. The molecule has 0 saturated carbocycles. The van der Waals surface area contributed by atoms with Gasteiger partial charge in [-0.2, -0.15) is 0 Å². The maximum Gasteiger partial charge on any atom is 0.220 e. The van der Waals surface area contributed by atoms with E-state index in [0.29, 0.717) is 13.0 Å². The molecule has 0 aliphatic carbocycles. The van der Waals surface area contributed by atoms with Crippen LogP contribution < -0.4 is 5.32 Å². The number of carbonyl (C=O) groups is 1. The minimum atomic E-state index is 0.126. The molecule has 0 aliphatic heterocycles. The van der Waals surface area contributed by atoms with Gasteiger partial charge in [-0.25, -0.2) is 0 Å². The van der Waals surface area contributed by atoms with Crippen LogP contribution in [-0.2, 0) is 11.2 Å². The first-order valence-electron chi connectivity index (χ1n) is 6.04. The molecule has 0 aromatic heterocycles. The molecule has 0 atom stereocenters. The molecule has 1 amide bonds. The largest absolute Gasteiger partial charge is 0.356 e. The lowest BCUT2D eigenvalue weighted by Crippen LogP contribution is -2.22. The Labute approximate surface area is 102 Å². The topological polar surface area (TPSA) is 29.1 Å². The Balaban J connectivity index is 2.06. The molecule has 2 rings (SSSR count). The Morgan fingerprint density at radius 2 is 1.88 bits per heavy atom. The van der Waals surface area contributed by atoms with Crippen LogP contribution in [0.1, 0.15) is 18.9 Å². The highest BCUT2D eigenvalue weighted by Crippen LogP contribution is 2.16. The van der Waals surface area contributed by atoms with Crippen molar-refractivity contribution in [1.82, 2.24) is 5.32 Å². The van der Waals surface area contributed by atoms with Gasteiger partial charge in [-0.15, -0.1) is 0 Å². The molecule has 2 aromatic carbocycles. The molecule has 0 bridgehead atoms. The summed E-state index contributed by atoms with van der Waals surface area (Å²) in [6, 6.07) is 14.7. The number of benzene rings is 2. The minimum Gasteiger partial charge on any atom is -0.356 e. The van der Waals surface area contributed by atoms with Gasteiger partial charge >= 0.3 is 0 Å². The summed E-state index contributed by atoms with van der Waals surface area (Å²) in [7, 11) is 0. The molecule has 0 saturated heterocycles. The quantitative estimate of drug-likeness (QED) is 0.855. The highest BCUT2D eigenvalue weighted by Gasteiger charge is 2.01. The van der Waals surface area contributed by atoms with Crippen molar-refractivity contribution in [1.29, 1.82) is 0 Å². The van der Waals surface area contributed by atoms with Crippen LogP contribution in [0.25, 0.3) is 10.8 Å². The fourth-order valence-corrected chi connectivity index (χ4v) is 1.94. The summed E-state index contributed by atoms with van der Waals surface area (Å²) in [6.07, 6.45) is 1.36. The Kier molecular flexibility index (Phi) is 3.76. The highest BCUT2D eigenvalue weighted by atomic mass is 16.1. The third kappa shape index (κ3) is 3.06. The number of nitrogens with one attached hydrogen (secondary N) is 1. The molecule has 0 unspecified atom stereocenters. The van der Waals surface area contributed by atoms with Crippen molar-refractivity contribution in [3.63, 3.8) is 0 Å². The van der Waals surface area contributed by atoms with Crippen molar-refractivity contribution < 1.29 is 4.79 Å². The number of hydrogen-bond donors (Lipinski definition) is 1. The van der Waals surface area contributed by atoms with E-state index in [0.717, 1.165) is 6.42 Å². The second-order valence-electron chi connectivity index (χ2n) is 4.14. The molecule has 2 nitrogen and oxygen atoms in total. The van der Waals surface area contributed by atoms with Gasteiger partial charge in [0, 0.05) is 13.0 Å². The summed E-state index contributed by atoms with van der Waals surface area (Å²) in [5, 5.41) is 5.30. The van der Waals surface area contributed by atoms with E-state index in [4.69, 9.17) is 0 Å². The van der Waals surface area contributed by atoms with Gasteiger partial charge in [0.2, 0.25) is 5.91 Å². The number of rotatable bonds is 4. The number of amides is 1. The van der Waals surface area contributed by atoms with E-state index in [1.165, 1.54) is 16.3 Å². The SMILES string of the molecule is CCNC(=O)CCc1ccc2ccccc2c1. The van der Waals surface area contributed by atoms with Crippen molar-refractivity contribution in [2.75, 3.05) is 6.54 Å². The van der Waals surface area contributed by atoms with Crippen LogP contribution in [0, 0.1) is 0 Å². The highest BCUT2D eigenvalue weighted by molar-refractivity contribution is 5.83. The normalized spacial score (nSPS) is 10.4. The average molecular weight is 227 g/mol. The third-order valence-electron chi connectivity index (χ3n) is 2.83. The zero-order chi connectivity index (χ0) is 12.1. The minimum absolute atomic E-state index is 0.126. The molecule has 0 fully saturated rings. The van der Waals surface area contributed by atoms with Gasteiger partial charge < -0.3 is 5.32 Å². The lowest BCUT2D eigenvalue weighted by Gasteiger charge is -2.04. The summed E-state index contributed by atoms with van der Waals surface area (Å²) < 4.78 is 0. The molecule has 2 heteroatoms. The van der Waals surface area contributed by atoms with Crippen molar-refractivity contribution in [2.24, 2.45) is 0 Å². The standard InChI is InChI=1S/C15H17NO/c1-2-16-15(17)10-8-12-7-9-13-5-3-4-6-14(13)11-12/h3-7,9,11H,2,8,10H2,1H3,(H,16,17). The first-order chi connectivity index (χ1) is 8.29. The van der Waals surface area contributed by atoms with E-state index in [-0.39, 0.29) is 5.91 Å². The van der Waals surface area contributed by atoms with Crippen LogP contribution in [0.4, 0.5) is 0 Å². The van der Waals surface area contributed by atoms with E-state index >= 15 is 0 Å². The van der Waals surface area contributed by atoms with Crippen molar-refractivity contribution in [3.05, 3.63) is 48.0 Å². The number of hydrogen-bond acceptors (Lipinski definition) is 1. The number of fused-ring (bicyclic) bond motifs is 1. The first-order valence-corrected chi connectivity index (χ1v) is 6.04. The van der Waals surface area contributed by atoms with Crippen LogP contribution in [0.15, 0.2) is 42.5 Å². The van der Waals surface area contributed by atoms with E-state index in [1.807, 2.05) is 19.1 Å². The fourth-order valence-electron chi connectivity index (χ4n) is 1.94. The molecule has 88 valence electrons. The molecular weight excluding hydrogens is 210 g/mol. The molecule has 17 heavy (non-hydrogen) atoms. The van der Waals surface area contributed by atoms with Gasteiger partial charge in [0.1, 0.15) is 0 Å². The molecule has 0 aliphatic rings. The summed E-state index contributed by atoms with van der Waals surface area (Å²) in [5.41, 5.74) is 1.22. The second kappa shape index (κ2) is 5.48. The zero-order valence-electron chi connectivity index (χ0n) is 10.1. The molecule has 0 spiro atoms. The van der Waals surface area contributed by atoms with Crippen molar-refractivity contribution >= 4 is 16.7 Å².